The molecule has 2 fully saturated rings. The van der Waals surface area contributed by atoms with Crippen molar-refractivity contribution < 1.29 is 23.8 Å². The number of allylic oxidation sites excluding steroid dienone is 1. The molecule has 0 aromatic heterocycles. The lowest BCUT2D eigenvalue weighted by Gasteiger charge is -2.19. The summed E-state index contributed by atoms with van der Waals surface area (Å²) in [5, 5.41) is 9.32. The number of nitrogens with zero attached hydrogens (tertiary/aromatic N) is 1. The predicted molar refractivity (Wildman–Crippen MR) is 142 cm³/mol. The van der Waals surface area contributed by atoms with Crippen molar-refractivity contribution in [3.8, 4) is 22.6 Å². The van der Waals surface area contributed by atoms with E-state index in [-0.39, 0.29) is 12.2 Å². The third-order valence-electron chi connectivity index (χ3n) is 7.07. The largest absolute Gasteiger partial charge is 0.497 e. The fraction of sp³-hybridized carbons (Fsp3) is 0.323. The molecule has 5 nitrogen and oxygen atoms in total. The van der Waals surface area contributed by atoms with E-state index in [0.29, 0.717) is 23.7 Å². The average molecular weight is 502 g/mol. The minimum absolute atomic E-state index is 0.0287. The summed E-state index contributed by atoms with van der Waals surface area (Å²) in [5.41, 5.74) is 6.48. The second-order valence-corrected chi connectivity index (χ2v) is 9.79. The molecule has 1 aliphatic carbocycles. The molecule has 0 atom stereocenters. The molecule has 1 aliphatic heterocycles. The van der Waals surface area contributed by atoms with Crippen LogP contribution in [0.1, 0.15) is 48.8 Å². The summed E-state index contributed by atoms with van der Waals surface area (Å²) in [6.45, 7) is 3.20. The molecule has 6 heteroatoms. The lowest BCUT2D eigenvalue weighted by Crippen LogP contribution is -2.19. The molecule has 2 aliphatic rings. The zero-order valence-corrected chi connectivity index (χ0v) is 21.1. The van der Waals surface area contributed by atoms with Crippen molar-refractivity contribution in [2.45, 2.75) is 45.3 Å². The number of methoxy groups -OCH3 is 1. The van der Waals surface area contributed by atoms with E-state index in [4.69, 9.17) is 9.47 Å². The Morgan fingerprint density at radius 1 is 0.973 bits per heavy atom. The molecule has 3 aromatic rings. The smallest absolute Gasteiger partial charge is 0.307 e. The lowest BCUT2D eigenvalue weighted by atomic mass is 9.96. The van der Waals surface area contributed by atoms with Crippen molar-refractivity contribution >= 4 is 11.5 Å². The van der Waals surface area contributed by atoms with Crippen LogP contribution in [0.25, 0.3) is 16.7 Å². The van der Waals surface area contributed by atoms with Crippen LogP contribution < -0.4 is 9.47 Å². The first-order chi connectivity index (χ1) is 18.0. The highest BCUT2D eigenvalue weighted by atomic mass is 19.1. The molecule has 37 heavy (non-hydrogen) atoms. The fourth-order valence-electron chi connectivity index (χ4n) is 5.04. The second-order valence-electron chi connectivity index (χ2n) is 9.79. The molecule has 0 spiro atoms. The van der Waals surface area contributed by atoms with Crippen LogP contribution in [0.4, 0.5) is 4.39 Å². The first-order valence-electron chi connectivity index (χ1n) is 12.8. The minimum atomic E-state index is -0.821. The standard InChI is InChI=1S/C31H32FNO4/c1-36-25-10-12-30(32)29(17-25)27-11-7-21(15-24(27)19-33-13-2-3-14-33)20-37-26-6-4-5-23(16-26)28(18-31(34)35)22-8-9-22/h4-7,10-12,15-17H,2-3,8-9,13-14,18-20H2,1H3,(H,34,35). The monoisotopic (exact) mass is 501 g/mol. The van der Waals surface area contributed by atoms with E-state index < -0.39 is 5.97 Å². The number of hydrogen-bond acceptors (Lipinski definition) is 4. The second kappa shape index (κ2) is 11.2. The lowest BCUT2D eigenvalue weighted by molar-refractivity contribution is -0.135. The number of benzene rings is 3. The number of ether oxygens (including phenoxy) is 2. The highest BCUT2D eigenvalue weighted by Crippen LogP contribution is 2.39. The van der Waals surface area contributed by atoms with Crippen LogP contribution in [0.2, 0.25) is 0 Å². The Balaban J connectivity index is 1.39. The highest BCUT2D eigenvalue weighted by molar-refractivity contribution is 5.86. The molecule has 0 radical (unpaired) electrons. The van der Waals surface area contributed by atoms with Gasteiger partial charge in [-0.15, -0.1) is 0 Å². The number of halogens is 1. The van der Waals surface area contributed by atoms with E-state index in [9.17, 15) is 14.3 Å². The van der Waals surface area contributed by atoms with E-state index >= 15 is 0 Å². The van der Waals surface area contributed by atoms with Gasteiger partial charge in [0.05, 0.1) is 13.5 Å². The van der Waals surface area contributed by atoms with Crippen LogP contribution in [-0.2, 0) is 17.9 Å². The average Bonchev–Trinajstić information content (AvgIpc) is 3.62. The number of carbonyl (C=O) groups is 1. The van der Waals surface area contributed by atoms with E-state index in [0.717, 1.165) is 60.3 Å². The Labute approximate surface area is 217 Å². The SMILES string of the molecule is COc1ccc(F)c(-c2ccc(COc3cccc(C(CC(=O)O)=C4CC4)c3)cc2CN2CCCC2)c1. The molecule has 192 valence electrons. The van der Waals surface area contributed by atoms with Crippen LogP contribution in [0.15, 0.2) is 66.2 Å². The van der Waals surface area contributed by atoms with Crippen molar-refractivity contribution in [2.75, 3.05) is 20.2 Å². The zero-order chi connectivity index (χ0) is 25.8. The van der Waals surface area contributed by atoms with Crippen molar-refractivity contribution in [3.63, 3.8) is 0 Å². The molecule has 3 aromatic carbocycles. The van der Waals surface area contributed by atoms with Gasteiger partial charge < -0.3 is 14.6 Å². The van der Waals surface area contributed by atoms with E-state index in [2.05, 4.69) is 11.0 Å². The number of rotatable bonds is 10. The Morgan fingerprint density at radius 2 is 1.78 bits per heavy atom. The van der Waals surface area contributed by atoms with Gasteiger partial charge in [-0.1, -0.05) is 35.9 Å². The maximum Gasteiger partial charge on any atom is 0.307 e. The molecule has 1 heterocycles. The number of aliphatic carboxylic acids is 1. The van der Waals surface area contributed by atoms with Gasteiger partial charge in [0.15, 0.2) is 0 Å². The Bertz CT molecular complexity index is 1320. The van der Waals surface area contributed by atoms with Crippen LogP contribution in [0, 0.1) is 5.82 Å². The highest BCUT2D eigenvalue weighted by Gasteiger charge is 2.21. The molecular formula is C31H32FNO4. The summed E-state index contributed by atoms with van der Waals surface area (Å²) in [4.78, 5) is 13.8. The van der Waals surface area contributed by atoms with Gasteiger partial charge in [-0.25, -0.2) is 4.39 Å². The minimum Gasteiger partial charge on any atom is -0.497 e. The van der Waals surface area contributed by atoms with Crippen molar-refractivity contribution in [2.24, 2.45) is 0 Å². The van der Waals surface area contributed by atoms with Gasteiger partial charge in [0, 0.05) is 12.1 Å². The zero-order valence-electron chi connectivity index (χ0n) is 21.1. The third-order valence-corrected chi connectivity index (χ3v) is 7.07. The molecule has 5 rings (SSSR count). The number of hydrogen-bond donors (Lipinski definition) is 1. The Morgan fingerprint density at radius 3 is 2.51 bits per heavy atom. The molecule has 0 amide bonds. The van der Waals surface area contributed by atoms with Gasteiger partial charge in [-0.05, 0) is 96.9 Å². The Hall–Kier alpha value is -3.64. The van der Waals surface area contributed by atoms with Gasteiger partial charge in [0.1, 0.15) is 23.9 Å². The topological polar surface area (TPSA) is 59.0 Å². The first kappa shape index (κ1) is 25.0. The molecule has 1 saturated carbocycles. The Kier molecular flexibility index (Phi) is 7.56. The molecular weight excluding hydrogens is 469 g/mol. The summed E-state index contributed by atoms with van der Waals surface area (Å²) in [5.74, 6) is 0.231. The number of carboxylic acids is 1. The van der Waals surface area contributed by atoms with Gasteiger partial charge in [0.25, 0.3) is 0 Å². The first-order valence-corrected chi connectivity index (χ1v) is 12.8. The van der Waals surface area contributed by atoms with Crippen LogP contribution in [0.3, 0.4) is 0 Å². The fourth-order valence-corrected chi connectivity index (χ4v) is 5.04. The number of likely N-dealkylation sites (tertiary alicyclic amines) is 1. The molecule has 0 bridgehead atoms. The maximum atomic E-state index is 14.9. The van der Waals surface area contributed by atoms with Crippen LogP contribution in [-0.4, -0.2) is 36.2 Å². The maximum absolute atomic E-state index is 14.9. The van der Waals surface area contributed by atoms with Crippen LogP contribution >= 0.6 is 0 Å². The summed E-state index contributed by atoms with van der Waals surface area (Å²) < 4.78 is 26.4. The molecule has 1 N–H and O–H groups in total. The van der Waals surface area contributed by atoms with E-state index in [1.165, 1.54) is 24.5 Å². The van der Waals surface area contributed by atoms with Crippen molar-refractivity contribution in [3.05, 3.63) is 88.7 Å². The van der Waals surface area contributed by atoms with E-state index in [1.54, 1.807) is 19.2 Å². The van der Waals surface area contributed by atoms with Gasteiger partial charge in [0.2, 0.25) is 0 Å². The normalized spacial score (nSPS) is 15.0. The summed E-state index contributed by atoms with van der Waals surface area (Å²) >= 11 is 0. The van der Waals surface area contributed by atoms with Crippen molar-refractivity contribution in [1.29, 1.82) is 0 Å². The van der Waals surface area contributed by atoms with Gasteiger partial charge in [-0.3, -0.25) is 9.69 Å². The summed E-state index contributed by atoms with van der Waals surface area (Å²) in [6, 6.07) is 18.6. The predicted octanol–water partition coefficient (Wildman–Crippen LogP) is 6.70. The van der Waals surface area contributed by atoms with Crippen LogP contribution in [0.5, 0.6) is 11.5 Å². The van der Waals surface area contributed by atoms with E-state index in [1.807, 2.05) is 36.4 Å². The summed E-state index contributed by atoms with van der Waals surface area (Å²) in [7, 11) is 1.59. The summed E-state index contributed by atoms with van der Waals surface area (Å²) in [6.07, 6.45) is 4.33. The van der Waals surface area contributed by atoms with Crippen molar-refractivity contribution in [1.82, 2.24) is 4.90 Å². The van der Waals surface area contributed by atoms with Gasteiger partial charge in [-0.2, -0.15) is 0 Å². The number of carboxylic acid groups (broad SMARTS) is 1. The third kappa shape index (κ3) is 6.20. The quantitative estimate of drug-likeness (QED) is 0.335. The molecule has 0 unspecified atom stereocenters. The van der Waals surface area contributed by atoms with Gasteiger partial charge >= 0.3 is 5.97 Å². The molecule has 1 saturated heterocycles.